The third-order valence-electron chi connectivity index (χ3n) is 3.05. The predicted octanol–water partition coefficient (Wildman–Crippen LogP) is 4.50. The normalized spacial score (nSPS) is 9.87. The number of hydrogen-bond donors (Lipinski definition) is 2. The van der Waals surface area contributed by atoms with Crippen LogP contribution in [-0.2, 0) is 0 Å². The van der Waals surface area contributed by atoms with Gasteiger partial charge in [0.25, 0.3) is 0 Å². The van der Waals surface area contributed by atoms with Crippen LogP contribution in [0.3, 0.4) is 0 Å². The Hall–Kier alpha value is -2.82. The van der Waals surface area contributed by atoms with Gasteiger partial charge in [-0.3, -0.25) is 0 Å². The summed E-state index contributed by atoms with van der Waals surface area (Å²) in [5.74, 6) is 1.18. The summed E-state index contributed by atoms with van der Waals surface area (Å²) in [6.07, 6.45) is 1.47. The van der Waals surface area contributed by atoms with E-state index in [4.69, 9.17) is 4.74 Å². The van der Waals surface area contributed by atoms with E-state index in [0.29, 0.717) is 23.7 Å². The monoisotopic (exact) mass is 311 g/mol. The van der Waals surface area contributed by atoms with Crippen LogP contribution < -0.4 is 10.1 Å². The van der Waals surface area contributed by atoms with Crippen molar-refractivity contribution in [3.05, 3.63) is 48.8 Å². The first-order valence-electron chi connectivity index (χ1n) is 7.70. The molecule has 2 N–H and O–H groups in total. The summed E-state index contributed by atoms with van der Waals surface area (Å²) >= 11 is 0. The van der Waals surface area contributed by atoms with E-state index in [-0.39, 0.29) is 5.75 Å². The van der Waals surface area contributed by atoms with Crippen LogP contribution in [-0.4, -0.2) is 21.7 Å². The van der Waals surface area contributed by atoms with E-state index >= 15 is 0 Å². The van der Waals surface area contributed by atoms with Gasteiger partial charge in [-0.2, -0.15) is 0 Å². The summed E-state index contributed by atoms with van der Waals surface area (Å²) in [5.41, 5.74) is 1.59. The first-order valence-corrected chi connectivity index (χ1v) is 7.70. The number of phenols is 1. The van der Waals surface area contributed by atoms with Crippen molar-refractivity contribution < 1.29 is 9.84 Å². The van der Waals surface area contributed by atoms with Crippen molar-refractivity contribution in [2.75, 3.05) is 11.9 Å². The lowest BCUT2D eigenvalue weighted by atomic mass is 10.2. The van der Waals surface area contributed by atoms with Crippen LogP contribution in [0.25, 0.3) is 10.9 Å². The van der Waals surface area contributed by atoms with E-state index < -0.39 is 0 Å². The first kappa shape index (κ1) is 16.5. The minimum atomic E-state index is 0.0775. The molecule has 2 aromatic carbocycles. The zero-order valence-electron chi connectivity index (χ0n) is 13.6. The van der Waals surface area contributed by atoms with Crippen LogP contribution in [0.5, 0.6) is 11.5 Å². The Morgan fingerprint density at radius 1 is 1.09 bits per heavy atom. The Bertz CT molecular complexity index is 761. The molecule has 1 aromatic heterocycles. The van der Waals surface area contributed by atoms with Crippen LogP contribution in [0.1, 0.15) is 20.8 Å². The zero-order chi connectivity index (χ0) is 16.7. The molecule has 0 saturated carbocycles. The van der Waals surface area contributed by atoms with Crippen molar-refractivity contribution in [2.45, 2.75) is 20.8 Å². The van der Waals surface area contributed by atoms with Crippen molar-refractivity contribution in [3.63, 3.8) is 0 Å². The SMILES string of the molecule is CC.CCOc1cc2c(Nc3ccccc3)ncnc2cc1O. The molecule has 120 valence electrons. The molecule has 5 nitrogen and oxygen atoms in total. The lowest BCUT2D eigenvalue weighted by Gasteiger charge is -2.11. The highest BCUT2D eigenvalue weighted by molar-refractivity contribution is 5.92. The average Bonchev–Trinajstić information content (AvgIpc) is 2.59. The number of nitrogens with zero attached hydrogens (tertiary/aromatic N) is 2. The maximum atomic E-state index is 9.91. The lowest BCUT2D eigenvalue weighted by Crippen LogP contribution is -1.97. The molecule has 0 bridgehead atoms. The summed E-state index contributed by atoms with van der Waals surface area (Å²) in [7, 11) is 0. The van der Waals surface area contributed by atoms with Crippen molar-refractivity contribution in [2.24, 2.45) is 0 Å². The van der Waals surface area contributed by atoms with Crippen LogP contribution in [0.15, 0.2) is 48.8 Å². The molecule has 0 aliphatic rings. The minimum absolute atomic E-state index is 0.0775. The van der Waals surface area contributed by atoms with E-state index in [9.17, 15) is 5.11 Å². The highest BCUT2D eigenvalue weighted by atomic mass is 16.5. The number of ether oxygens (including phenoxy) is 1. The molecule has 23 heavy (non-hydrogen) atoms. The van der Waals surface area contributed by atoms with E-state index in [1.807, 2.05) is 51.1 Å². The molecule has 1 heterocycles. The number of aromatic hydroxyl groups is 1. The maximum absolute atomic E-state index is 9.91. The second-order valence-corrected chi connectivity index (χ2v) is 4.48. The Morgan fingerprint density at radius 3 is 2.52 bits per heavy atom. The van der Waals surface area contributed by atoms with Gasteiger partial charge in [-0.1, -0.05) is 32.0 Å². The second kappa shape index (κ2) is 7.98. The number of aromatic nitrogens is 2. The van der Waals surface area contributed by atoms with Gasteiger partial charge in [-0.25, -0.2) is 9.97 Å². The molecular weight excluding hydrogens is 290 g/mol. The van der Waals surface area contributed by atoms with Crippen LogP contribution in [0, 0.1) is 0 Å². The van der Waals surface area contributed by atoms with Crippen molar-refractivity contribution >= 4 is 22.4 Å². The molecular formula is C18H21N3O2. The topological polar surface area (TPSA) is 67.3 Å². The third kappa shape index (κ3) is 3.88. The summed E-state index contributed by atoms with van der Waals surface area (Å²) in [6, 6.07) is 13.1. The van der Waals surface area contributed by atoms with Crippen LogP contribution in [0.2, 0.25) is 0 Å². The smallest absolute Gasteiger partial charge is 0.161 e. The molecule has 0 aliphatic carbocycles. The van der Waals surface area contributed by atoms with Crippen LogP contribution in [0.4, 0.5) is 11.5 Å². The number of fused-ring (bicyclic) bond motifs is 1. The van der Waals surface area contributed by atoms with Gasteiger partial charge < -0.3 is 15.2 Å². The molecule has 0 fully saturated rings. The molecule has 0 saturated heterocycles. The number of phenolic OH excluding ortho intramolecular Hbond substituents is 1. The minimum Gasteiger partial charge on any atom is -0.504 e. The van der Waals surface area contributed by atoms with Gasteiger partial charge in [-0.05, 0) is 25.1 Å². The van der Waals surface area contributed by atoms with E-state index in [1.165, 1.54) is 6.33 Å². The lowest BCUT2D eigenvalue weighted by molar-refractivity contribution is 0.319. The quantitative estimate of drug-likeness (QED) is 0.742. The molecule has 0 spiro atoms. The Labute approximate surface area is 136 Å². The van der Waals surface area contributed by atoms with Gasteiger partial charge in [0.1, 0.15) is 12.1 Å². The largest absolute Gasteiger partial charge is 0.504 e. The number of rotatable bonds is 4. The fraction of sp³-hybridized carbons (Fsp3) is 0.222. The van der Waals surface area contributed by atoms with Gasteiger partial charge in [0.15, 0.2) is 11.5 Å². The fourth-order valence-corrected chi connectivity index (χ4v) is 2.10. The van der Waals surface area contributed by atoms with E-state index in [1.54, 1.807) is 12.1 Å². The average molecular weight is 311 g/mol. The Kier molecular flexibility index (Phi) is 5.74. The standard InChI is InChI=1S/C16H15N3O2.C2H6/c1-2-21-15-8-12-13(9-14(15)20)17-10-18-16(12)19-11-6-4-3-5-7-11;1-2/h3-10,20H,2H2,1H3,(H,17,18,19);1-2H3. The highest BCUT2D eigenvalue weighted by Crippen LogP contribution is 2.33. The number of nitrogens with one attached hydrogen (secondary N) is 1. The summed E-state index contributed by atoms with van der Waals surface area (Å²) in [4.78, 5) is 8.45. The Morgan fingerprint density at radius 2 is 1.83 bits per heavy atom. The van der Waals surface area contributed by atoms with Gasteiger partial charge in [0.05, 0.1) is 12.1 Å². The number of para-hydroxylation sites is 1. The zero-order valence-corrected chi connectivity index (χ0v) is 13.6. The molecule has 0 unspecified atom stereocenters. The molecule has 3 rings (SSSR count). The molecule has 5 heteroatoms. The van der Waals surface area contributed by atoms with E-state index in [2.05, 4.69) is 15.3 Å². The number of anilines is 2. The summed E-state index contributed by atoms with van der Waals surface area (Å²) < 4.78 is 5.42. The molecule has 3 aromatic rings. The third-order valence-corrected chi connectivity index (χ3v) is 3.05. The maximum Gasteiger partial charge on any atom is 0.161 e. The molecule has 0 radical (unpaired) electrons. The van der Waals surface area contributed by atoms with Gasteiger partial charge in [0, 0.05) is 17.1 Å². The number of hydrogen-bond acceptors (Lipinski definition) is 5. The number of benzene rings is 2. The highest BCUT2D eigenvalue weighted by Gasteiger charge is 2.10. The second-order valence-electron chi connectivity index (χ2n) is 4.48. The molecule has 0 amide bonds. The van der Waals surface area contributed by atoms with Crippen molar-refractivity contribution in [1.82, 2.24) is 9.97 Å². The fourth-order valence-electron chi connectivity index (χ4n) is 2.10. The van der Waals surface area contributed by atoms with Gasteiger partial charge >= 0.3 is 0 Å². The molecule has 0 aliphatic heterocycles. The van der Waals surface area contributed by atoms with Crippen LogP contribution >= 0.6 is 0 Å². The summed E-state index contributed by atoms with van der Waals surface area (Å²) in [6.45, 7) is 6.35. The Balaban J connectivity index is 0.000000924. The first-order chi connectivity index (χ1) is 11.3. The van der Waals surface area contributed by atoms with Crippen molar-refractivity contribution in [3.8, 4) is 11.5 Å². The predicted molar refractivity (Wildman–Crippen MR) is 93.4 cm³/mol. The van der Waals surface area contributed by atoms with Gasteiger partial charge in [0.2, 0.25) is 0 Å². The molecule has 0 atom stereocenters. The van der Waals surface area contributed by atoms with Gasteiger partial charge in [-0.15, -0.1) is 0 Å². The van der Waals surface area contributed by atoms with E-state index in [0.717, 1.165) is 11.1 Å². The van der Waals surface area contributed by atoms with Crippen molar-refractivity contribution in [1.29, 1.82) is 0 Å². The summed E-state index contributed by atoms with van der Waals surface area (Å²) in [5, 5.41) is 14.0.